The van der Waals surface area contributed by atoms with Gasteiger partial charge >= 0.3 is 0 Å². The summed E-state index contributed by atoms with van der Waals surface area (Å²) in [5.74, 6) is 1.68. The molecule has 2 rings (SSSR count). The van der Waals surface area contributed by atoms with Crippen LogP contribution in [-0.4, -0.2) is 41.5 Å². The second-order valence-electron chi connectivity index (χ2n) is 4.74. The Morgan fingerprint density at radius 1 is 1.50 bits per heavy atom. The smallest absolute Gasteiger partial charge is 0.147 e. The lowest BCUT2D eigenvalue weighted by Crippen LogP contribution is -2.20. The molecule has 0 saturated carbocycles. The Labute approximate surface area is 97.1 Å². The molecule has 1 saturated heterocycles. The van der Waals surface area contributed by atoms with E-state index in [-0.39, 0.29) is 0 Å². The summed E-state index contributed by atoms with van der Waals surface area (Å²) in [4.78, 5) is 11.1. The molecule has 0 aliphatic carbocycles. The van der Waals surface area contributed by atoms with E-state index in [1.807, 2.05) is 20.0 Å². The quantitative estimate of drug-likeness (QED) is 0.837. The Bertz CT molecular complexity index is 364. The molecule has 0 aromatic carbocycles. The van der Waals surface area contributed by atoms with Gasteiger partial charge in [-0.15, -0.1) is 0 Å². The maximum absolute atomic E-state index is 4.47. The fourth-order valence-electron chi connectivity index (χ4n) is 2.14. The normalized spacial score (nSPS) is 21.3. The molecule has 1 aromatic heterocycles. The van der Waals surface area contributed by atoms with Gasteiger partial charge < -0.3 is 10.2 Å². The number of anilines is 1. The number of rotatable bonds is 3. The molecule has 1 aromatic rings. The third-order valence-corrected chi connectivity index (χ3v) is 3.12. The van der Waals surface area contributed by atoms with E-state index in [1.54, 1.807) is 0 Å². The summed E-state index contributed by atoms with van der Waals surface area (Å²) in [5, 5.41) is 3.42. The second-order valence-corrected chi connectivity index (χ2v) is 4.74. The van der Waals surface area contributed by atoms with E-state index in [1.165, 1.54) is 19.5 Å². The second kappa shape index (κ2) is 4.78. The van der Waals surface area contributed by atoms with Crippen molar-refractivity contribution in [2.45, 2.75) is 20.3 Å². The highest BCUT2D eigenvalue weighted by Crippen LogP contribution is 2.16. The third kappa shape index (κ3) is 2.70. The summed E-state index contributed by atoms with van der Waals surface area (Å²) in [5.41, 5.74) is 1.95. The van der Waals surface area contributed by atoms with Gasteiger partial charge in [-0.2, -0.15) is 0 Å². The number of likely N-dealkylation sites (tertiary alicyclic amines) is 1. The zero-order valence-corrected chi connectivity index (χ0v) is 10.3. The third-order valence-electron chi connectivity index (χ3n) is 3.12. The Hall–Kier alpha value is -1.16. The fraction of sp³-hybridized carbons (Fsp3) is 0.667. The Kier molecular flexibility index (Phi) is 3.39. The molecule has 4 heteroatoms. The highest BCUT2D eigenvalue weighted by Gasteiger charge is 2.19. The Morgan fingerprint density at radius 3 is 3.00 bits per heavy atom. The largest absolute Gasteiger partial charge is 0.368 e. The van der Waals surface area contributed by atoms with Crippen molar-refractivity contribution in [3.8, 4) is 0 Å². The Balaban J connectivity index is 1.91. The molecule has 4 nitrogen and oxygen atoms in total. The number of aryl methyl sites for hydroxylation is 2. The first-order valence-electron chi connectivity index (χ1n) is 5.88. The van der Waals surface area contributed by atoms with Crippen molar-refractivity contribution >= 4 is 5.82 Å². The van der Waals surface area contributed by atoms with Crippen LogP contribution in [0.1, 0.15) is 17.8 Å². The van der Waals surface area contributed by atoms with E-state index < -0.39 is 0 Å². The average Bonchev–Trinajstić information content (AvgIpc) is 2.66. The summed E-state index contributed by atoms with van der Waals surface area (Å²) < 4.78 is 0. The lowest BCUT2D eigenvalue weighted by atomic mass is 10.1. The fourth-order valence-corrected chi connectivity index (χ4v) is 2.14. The first-order chi connectivity index (χ1) is 7.65. The lowest BCUT2D eigenvalue weighted by Gasteiger charge is -2.13. The molecule has 0 amide bonds. The topological polar surface area (TPSA) is 41.1 Å². The van der Waals surface area contributed by atoms with E-state index in [9.17, 15) is 0 Å². The van der Waals surface area contributed by atoms with E-state index >= 15 is 0 Å². The van der Waals surface area contributed by atoms with Gasteiger partial charge in [0.25, 0.3) is 0 Å². The summed E-state index contributed by atoms with van der Waals surface area (Å²) >= 11 is 0. The molecule has 0 radical (unpaired) electrons. The highest BCUT2D eigenvalue weighted by molar-refractivity contribution is 5.39. The first-order valence-corrected chi connectivity index (χ1v) is 5.88. The van der Waals surface area contributed by atoms with E-state index in [0.29, 0.717) is 0 Å². The van der Waals surface area contributed by atoms with Gasteiger partial charge in [-0.05, 0) is 39.8 Å². The molecule has 1 aliphatic heterocycles. The lowest BCUT2D eigenvalue weighted by molar-refractivity contribution is 0.399. The van der Waals surface area contributed by atoms with Gasteiger partial charge in [-0.3, -0.25) is 4.98 Å². The van der Waals surface area contributed by atoms with Gasteiger partial charge in [0.2, 0.25) is 0 Å². The molecule has 16 heavy (non-hydrogen) atoms. The molecule has 1 atom stereocenters. The van der Waals surface area contributed by atoms with Crippen LogP contribution in [0.15, 0.2) is 6.20 Å². The van der Waals surface area contributed by atoms with Gasteiger partial charge in [-0.1, -0.05) is 0 Å². The van der Waals surface area contributed by atoms with Crippen LogP contribution in [0.3, 0.4) is 0 Å². The van der Waals surface area contributed by atoms with Gasteiger partial charge in [0, 0.05) is 19.3 Å². The van der Waals surface area contributed by atoms with Crippen LogP contribution in [0, 0.1) is 19.8 Å². The van der Waals surface area contributed by atoms with Gasteiger partial charge in [0.05, 0.1) is 11.4 Å². The van der Waals surface area contributed by atoms with E-state index in [2.05, 4.69) is 27.2 Å². The number of nitrogens with zero attached hydrogens (tertiary/aromatic N) is 3. The van der Waals surface area contributed by atoms with Gasteiger partial charge in [-0.25, -0.2) is 4.98 Å². The molecular weight excluding hydrogens is 200 g/mol. The molecule has 88 valence electrons. The highest BCUT2D eigenvalue weighted by atomic mass is 15.1. The predicted molar refractivity (Wildman–Crippen MR) is 65.6 cm³/mol. The van der Waals surface area contributed by atoms with Gasteiger partial charge in [0.1, 0.15) is 5.82 Å². The van der Waals surface area contributed by atoms with Crippen molar-refractivity contribution in [2.24, 2.45) is 5.92 Å². The van der Waals surface area contributed by atoms with Crippen LogP contribution in [0.4, 0.5) is 5.82 Å². The van der Waals surface area contributed by atoms with Crippen molar-refractivity contribution in [2.75, 3.05) is 32.0 Å². The predicted octanol–water partition coefficient (Wildman–Crippen LogP) is 1.46. The SMILES string of the molecule is Cc1cnc(C)c(NCC2CCN(C)C2)n1. The molecule has 1 N–H and O–H groups in total. The Morgan fingerprint density at radius 2 is 2.31 bits per heavy atom. The van der Waals surface area contributed by atoms with Crippen LogP contribution >= 0.6 is 0 Å². The zero-order valence-electron chi connectivity index (χ0n) is 10.3. The number of aromatic nitrogens is 2. The van der Waals surface area contributed by atoms with Gasteiger partial charge in [0.15, 0.2) is 0 Å². The van der Waals surface area contributed by atoms with Crippen molar-refractivity contribution in [3.63, 3.8) is 0 Å². The minimum absolute atomic E-state index is 0.742. The summed E-state index contributed by atoms with van der Waals surface area (Å²) in [6.45, 7) is 7.37. The van der Waals surface area contributed by atoms with E-state index in [0.717, 1.165) is 29.7 Å². The molecule has 1 fully saturated rings. The zero-order chi connectivity index (χ0) is 11.5. The minimum Gasteiger partial charge on any atom is -0.368 e. The standard InChI is InChI=1S/C12H20N4/c1-9-6-13-10(2)12(15-9)14-7-11-4-5-16(3)8-11/h6,11H,4-5,7-8H2,1-3H3,(H,14,15). The molecule has 2 heterocycles. The van der Waals surface area contributed by atoms with Crippen molar-refractivity contribution in [3.05, 3.63) is 17.6 Å². The van der Waals surface area contributed by atoms with Crippen LogP contribution in [0.5, 0.6) is 0 Å². The molecule has 0 bridgehead atoms. The molecule has 0 spiro atoms. The van der Waals surface area contributed by atoms with Crippen LogP contribution in [-0.2, 0) is 0 Å². The molecular formula is C12H20N4. The monoisotopic (exact) mass is 220 g/mol. The summed E-state index contributed by atoms with van der Waals surface area (Å²) in [7, 11) is 2.18. The van der Waals surface area contributed by atoms with Crippen LogP contribution in [0.25, 0.3) is 0 Å². The number of hydrogen-bond acceptors (Lipinski definition) is 4. The average molecular weight is 220 g/mol. The first kappa shape index (κ1) is 11.3. The number of nitrogens with one attached hydrogen (secondary N) is 1. The molecule has 1 aliphatic rings. The van der Waals surface area contributed by atoms with Crippen molar-refractivity contribution in [1.29, 1.82) is 0 Å². The van der Waals surface area contributed by atoms with Crippen LogP contribution < -0.4 is 5.32 Å². The van der Waals surface area contributed by atoms with E-state index in [4.69, 9.17) is 0 Å². The van der Waals surface area contributed by atoms with Crippen LogP contribution in [0.2, 0.25) is 0 Å². The minimum atomic E-state index is 0.742. The molecule has 1 unspecified atom stereocenters. The summed E-state index contributed by atoms with van der Waals surface area (Å²) in [6, 6.07) is 0. The van der Waals surface area contributed by atoms with Crippen molar-refractivity contribution in [1.82, 2.24) is 14.9 Å². The summed E-state index contributed by atoms with van der Waals surface area (Å²) in [6.07, 6.45) is 3.09. The maximum atomic E-state index is 4.47. The maximum Gasteiger partial charge on any atom is 0.147 e. The van der Waals surface area contributed by atoms with Crippen molar-refractivity contribution < 1.29 is 0 Å². The number of hydrogen-bond donors (Lipinski definition) is 1.